The Morgan fingerprint density at radius 1 is 1.19 bits per heavy atom. The zero-order valence-corrected chi connectivity index (χ0v) is 16.0. The molecule has 4 nitrogen and oxygen atoms in total. The molecular formula is C22H32N2O2. The van der Waals surface area contributed by atoms with Gasteiger partial charge in [-0.25, -0.2) is 4.79 Å². The van der Waals surface area contributed by atoms with Crippen LogP contribution in [0.25, 0.3) is 0 Å². The summed E-state index contributed by atoms with van der Waals surface area (Å²) < 4.78 is 5.87. The summed E-state index contributed by atoms with van der Waals surface area (Å²) in [7, 11) is 0. The van der Waals surface area contributed by atoms with Crippen LogP contribution in [-0.2, 0) is 17.6 Å². The Hall–Kier alpha value is -1.55. The molecule has 0 aromatic heterocycles. The number of hydrogen-bond acceptors (Lipinski definition) is 3. The average molecular weight is 357 g/mol. The molecule has 1 saturated carbocycles. The van der Waals surface area contributed by atoms with Crippen LogP contribution in [0.1, 0.15) is 50.2 Å². The molecule has 1 aromatic carbocycles. The highest BCUT2D eigenvalue weighted by atomic mass is 16.6. The molecule has 142 valence electrons. The zero-order valence-electron chi connectivity index (χ0n) is 16.0. The van der Waals surface area contributed by atoms with Crippen molar-refractivity contribution >= 4 is 6.09 Å². The monoisotopic (exact) mass is 356 g/mol. The highest BCUT2D eigenvalue weighted by molar-refractivity contribution is 5.67. The van der Waals surface area contributed by atoms with Crippen molar-refractivity contribution in [1.82, 2.24) is 10.2 Å². The number of rotatable bonds is 5. The van der Waals surface area contributed by atoms with Crippen LogP contribution < -0.4 is 5.32 Å². The molecule has 2 saturated heterocycles. The summed E-state index contributed by atoms with van der Waals surface area (Å²) in [6, 6.07) is 9.30. The molecule has 4 rings (SSSR count). The normalized spacial score (nSPS) is 30.7. The second kappa shape index (κ2) is 7.99. The van der Waals surface area contributed by atoms with Crippen LogP contribution in [-0.4, -0.2) is 42.8 Å². The Bertz CT molecular complexity index is 615. The van der Waals surface area contributed by atoms with Gasteiger partial charge in [0.25, 0.3) is 0 Å². The summed E-state index contributed by atoms with van der Waals surface area (Å²) in [5.41, 5.74) is 2.61. The van der Waals surface area contributed by atoms with Crippen LogP contribution in [0.2, 0.25) is 0 Å². The van der Waals surface area contributed by atoms with E-state index in [2.05, 4.69) is 41.4 Å². The topological polar surface area (TPSA) is 41.6 Å². The number of aryl methyl sites for hydroxylation is 1. The predicted octanol–water partition coefficient (Wildman–Crippen LogP) is 3.78. The van der Waals surface area contributed by atoms with Crippen molar-refractivity contribution in [3.05, 3.63) is 35.4 Å². The third-order valence-corrected chi connectivity index (χ3v) is 6.67. The first-order valence-corrected chi connectivity index (χ1v) is 10.5. The van der Waals surface area contributed by atoms with Crippen molar-refractivity contribution in [2.75, 3.05) is 19.6 Å². The number of fused-ring (bicyclic) bond motifs is 4. The fourth-order valence-corrected chi connectivity index (χ4v) is 5.32. The minimum absolute atomic E-state index is 0.122. The van der Waals surface area contributed by atoms with E-state index in [1.807, 2.05) is 0 Å². The third-order valence-electron chi connectivity index (χ3n) is 6.67. The molecule has 3 unspecified atom stereocenters. The number of carbonyl (C=O) groups excluding carboxylic acids is 1. The largest absolute Gasteiger partial charge is 0.446 e. The molecule has 0 radical (unpaired) electrons. The van der Waals surface area contributed by atoms with Gasteiger partial charge >= 0.3 is 6.09 Å². The van der Waals surface area contributed by atoms with Crippen molar-refractivity contribution < 1.29 is 9.53 Å². The third kappa shape index (κ3) is 3.90. The smallest absolute Gasteiger partial charge is 0.407 e. The average Bonchev–Trinajstić information content (AvgIpc) is 2.98. The van der Waals surface area contributed by atoms with Gasteiger partial charge in [0.05, 0.1) is 0 Å². The van der Waals surface area contributed by atoms with E-state index in [1.165, 1.54) is 49.9 Å². The number of carbonyl (C=O) groups is 1. The number of hydrogen-bond donors (Lipinski definition) is 1. The molecule has 4 atom stereocenters. The lowest BCUT2D eigenvalue weighted by molar-refractivity contribution is 0.0147. The van der Waals surface area contributed by atoms with Crippen LogP contribution in [0.4, 0.5) is 4.79 Å². The molecule has 2 aliphatic heterocycles. The molecule has 1 aliphatic carbocycles. The van der Waals surface area contributed by atoms with E-state index in [0.717, 1.165) is 25.2 Å². The summed E-state index contributed by atoms with van der Waals surface area (Å²) in [5, 5.41) is 2.96. The van der Waals surface area contributed by atoms with Crippen LogP contribution in [0.3, 0.4) is 0 Å². The van der Waals surface area contributed by atoms with Gasteiger partial charge in [-0.05, 0) is 62.1 Å². The van der Waals surface area contributed by atoms with Gasteiger partial charge in [-0.1, -0.05) is 37.6 Å². The van der Waals surface area contributed by atoms with Gasteiger partial charge in [0, 0.05) is 25.0 Å². The lowest BCUT2D eigenvalue weighted by Crippen LogP contribution is -2.50. The Kier molecular flexibility index (Phi) is 5.49. The van der Waals surface area contributed by atoms with E-state index in [0.29, 0.717) is 18.5 Å². The maximum Gasteiger partial charge on any atom is 0.407 e. The van der Waals surface area contributed by atoms with E-state index in [4.69, 9.17) is 4.74 Å². The first kappa shape index (κ1) is 17.8. The van der Waals surface area contributed by atoms with Crippen LogP contribution in [0, 0.1) is 11.8 Å². The highest BCUT2D eigenvalue weighted by Gasteiger charge is 2.48. The number of nitrogens with zero attached hydrogens (tertiary/aromatic N) is 1. The van der Waals surface area contributed by atoms with Crippen LogP contribution in [0.5, 0.6) is 0 Å². The number of nitrogens with one attached hydrogen (secondary N) is 1. The molecule has 4 heteroatoms. The standard InChI is InChI=1S/C22H32N2O2/c1-2-16-6-8-17(9-7-16)10-11-23-22(25)26-21-14-18-13-19(21)20-5-3-4-12-24(20)15-18/h6-9,18-21H,2-5,10-15H2,1H3,(H,23,25)/t18?,19?,20-,21?/m1/s1. The van der Waals surface area contributed by atoms with E-state index in [1.54, 1.807) is 0 Å². The van der Waals surface area contributed by atoms with Gasteiger partial charge in [0.2, 0.25) is 0 Å². The highest BCUT2D eigenvalue weighted by Crippen LogP contribution is 2.44. The lowest BCUT2D eigenvalue weighted by Gasteiger charge is -2.43. The molecule has 2 heterocycles. The molecule has 1 N–H and O–H groups in total. The Morgan fingerprint density at radius 2 is 2.00 bits per heavy atom. The molecule has 0 spiro atoms. The zero-order chi connectivity index (χ0) is 17.9. The van der Waals surface area contributed by atoms with Crippen molar-refractivity contribution in [3.8, 4) is 0 Å². The fraction of sp³-hybridized carbons (Fsp3) is 0.682. The second-order valence-corrected chi connectivity index (χ2v) is 8.35. The lowest BCUT2D eigenvalue weighted by atomic mass is 9.84. The number of benzene rings is 1. The molecule has 3 aliphatic rings. The van der Waals surface area contributed by atoms with Crippen molar-refractivity contribution in [1.29, 1.82) is 0 Å². The van der Waals surface area contributed by atoms with E-state index < -0.39 is 0 Å². The summed E-state index contributed by atoms with van der Waals surface area (Å²) in [5.74, 6) is 1.28. The van der Waals surface area contributed by atoms with E-state index in [-0.39, 0.29) is 12.2 Å². The summed E-state index contributed by atoms with van der Waals surface area (Å²) in [4.78, 5) is 15.0. The first-order valence-electron chi connectivity index (χ1n) is 10.5. The summed E-state index contributed by atoms with van der Waals surface area (Å²) in [6.07, 6.45) is 8.07. The number of ether oxygens (including phenoxy) is 1. The summed E-state index contributed by atoms with van der Waals surface area (Å²) in [6.45, 7) is 5.27. The van der Waals surface area contributed by atoms with Gasteiger partial charge in [-0.3, -0.25) is 4.90 Å². The fourth-order valence-electron chi connectivity index (χ4n) is 5.32. The molecule has 3 fully saturated rings. The quantitative estimate of drug-likeness (QED) is 0.873. The maximum absolute atomic E-state index is 12.3. The van der Waals surface area contributed by atoms with Gasteiger partial charge in [0.15, 0.2) is 0 Å². The molecule has 1 aromatic rings. The van der Waals surface area contributed by atoms with Gasteiger partial charge in [0.1, 0.15) is 6.10 Å². The minimum Gasteiger partial charge on any atom is -0.446 e. The van der Waals surface area contributed by atoms with Crippen LogP contribution in [0.15, 0.2) is 24.3 Å². The van der Waals surface area contributed by atoms with Crippen molar-refractivity contribution in [2.45, 2.75) is 64.0 Å². The predicted molar refractivity (Wildman–Crippen MR) is 103 cm³/mol. The van der Waals surface area contributed by atoms with Gasteiger partial charge < -0.3 is 10.1 Å². The van der Waals surface area contributed by atoms with Crippen molar-refractivity contribution in [2.24, 2.45) is 11.8 Å². The Balaban J connectivity index is 1.24. The van der Waals surface area contributed by atoms with Crippen LogP contribution >= 0.6 is 0 Å². The Labute approximate surface area is 157 Å². The van der Waals surface area contributed by atoms with Gasteiger partial charge in [-0.15, -0.1) is 0 Å². The summed E-state index contributed by atoms with van der Waals surface area (Å²) >= 11 is 0. The van der Waals surface area contributed by atoms with E-state index >= 15 is 0 Å². The Morgan fingerprint density at radius 3 is 2.81 bits per heavy atom. The molecule has 1 amide bonds. The number of alkyl carbamates (subject to hydrolysis) is 1. The number of amides is 1. The second-order valence-electron chi connectivity index (χ2n) is 8.35. The first-order chi connectivity index (χ1) is 12.7. The van der Waals surface area contributed by atoms with E-state index in [9.17, 15) is 4.79 Å². The molecule has 2 bridgehead atoms. The van der Waals surface area contributed by atoms with Crippen molar-refractivity contribution in [3.63, 3.8) is 0 Å². The molecular weight excluding hydrogens is 324 g/mol. The SMILES string of the molecule is CCc1ccc(CCNC(=O)OC2CC3CC2[C@H]2CCCCN2C3)cc1. The minimum atomic E-state index is -0.227. The number of piperidine rings is 2. The molecule has 26 heavy (non-hydrogen) atoms. The van der Waals surface area contributed by atoms with Gasteiger partial charge in [-0.2, -0.15) is 0 Å². The maximum atomic E-state index is 12.3.